The first-order valence-electron chi connectivity index (χ1n) is 5.61. The normalized spacial score (nSPS) is 16.6. The van der Waals surface area contributed by atoms with Gasteiger partial charge in [-0.15, -0.1) is 0 Å². The molecule has 1 saturated carbocycles. The molecular weight excluding hydrogens is 172 g/mol. The molecule has 14 heavy (non-hydrogen) atoms. The van der Waals surface area contributed by atoms with Crippen molar-refractivity contribution < 1.29 is 4.74 Å². The fourth-order valence-corrected chi connectivity index (χ4v) is 1.71. The van der Waals surface area contributed by atoms with Gasteiger partial charge in [-0.2, -0.15) is 0 Å². The van der Waals surface area contributed by atoms with Crippen LogP contribution in [0.2, 0.25) is 0 Å². The Labute approximate surface area is 86.1 Å². The van der Waals surface area contributed by atoms with Crippen molar-refractivity contribution in [2.45, 2.75) is 38.2 Å². The van der Waals surface area contributed by atoms with Crippen LogP contribution in [0.3, 0.4) is 0 Å². The van der Waals surface area contributed by atoms with Crippen LogP contribution in [0.5, 0.6) is 0 Å². The average molecular weight is 190 g/mol. The average Bonchev–Trinajstić information content (AvgIpc) is 2.16. The van der Waals surface area contributed by atoms with E-state index >= 15 is 0 Å². The zero-order chi connectivity index (χ0) is 9.64. The Morgan fingerprint density at radius 2 is 1.93 bits per heavy atom. The topological polar surface area (TPSA) is 9.23 Å². The lowest BCUT2D eigenvalue weighted by atomic mass is 9.96. The molecule has 76 valence electrons. The van der Waals surface area contributed by atoms with Crippen molar-refractivity contribution in [3.05, 3.63) is 35.9 Å². The molecule has 0 atom stereocenters. The highest BCUT2D eigenvalue weighted by atomic mass is 16.5. The van der Waals surface area contributed by atoms with Gasteiger partial charge in [0.15, 0.2) is 0 Å². The maximum absolute atomic E-state index is 5.70. The summed E-state index contributed by atoms with van der Waals surface area (Å²) >= 11 is 0. The fraction of sp³-hybridized carbons (Fsp3) is 0.538. The van der Waals surface area contributed by atoms with Crippen LogP contribution < -0.4 is 0 Å². The van der Waals surface area contributed by atoms with E-state index in [0.717, 1.165) is 19.4 Å². The van der Waals surface area contributed by atoms with E-state index in [1.807, 2.05) is 0 Å². The lowest BCUT2D eigenvalue weighted by Gasteiger charge is -2.25. The maximum Gasteiger partial charge on any atom is 0.0575 e. The van der Waals surface area contributed by atoms with Gasteiger partial charge < -0.3 is 4.74 Å². The second-order valence-electron chi connectivity index (χ2n) is 4.01. The molecule has 0 aliphatic heterocycles. The first-order valence-corrected chi connectivity index (χ1v) is 5.61. The first-order chi connectivity index (χ1) is 6.95. The molecule has 1 aliphatic carbocycles. The molecule has 0 N–H and O–H groups in total. The Morgan fingerprint density at radius 1 is 1.14 bits per heavy atom. The van der Waals surface area contributed by atoms with E-state index < -0.39 is 0 Å². The third-order valence-corrected chi connectivity index (χ3v) is 2.86. The highest BCUT2D eigenvalue weighted by Gasteiger charge is 2.16. The highest BCUT2D eigenvalue weighted by Crippen LogP contribution is 2.21. The molecule has 0 spiro atoms. The third kappa shape index (κ3) is 2.85. The smallest absolute Gasteiger partial charge is 0.0575 e. The summed E-state index contributed by atoms with van der Waals surface area (Å²) in [7, 11) is 0. The molecule has 1 heteroatoms. The van der Waals surface area contributed by atoms with Crippen molar-refractivity contribution in [2.75, 3.05) is 6.61 Å². The lowest BCUT2D eigenvalue weighted by Crippen LogP contribution is -2.22. The summed E-state index contributed by atoms with van der Waals surface area (Å²) in [6.45, 7) is 0.930. The summed E-state index contributed by atoms with van der Waals surface area (Å²) in [4.78, 5) is 0. The second kappa shape index (κ2) is 5.16. The molecule has 0 bridgehead atoms. The van der Waals surface area contributed by atoms with Gasteiger partial charge in [-0.3, -0.25) is 0 Å². The Bertz CT molecular complexity index is 251. The highest BCUT2D eigenvalue weighted by molar-refractivity contribution is 5.14. The summed E-state index contributed by atoms with van der Waals surface area (Å²) in [6.07, 6.45) is 6.82. The predicted molar refractivity (Wildman–Crippen MR) is 58.4 cm³/mol. The van der Waals surface area contributed by atoms with Crippen molar-refractivity contribution in [1.29, 1.82) is 0 Å². The standard InChI is InChI=1S/C13H18O/c1-2-6-12(7-3-1)8-5-11-14-13-9-4-10-13/h1-3,6-7,13H,4-5,8-11H2. The van der Waals surface area contributed by atoms with Crippen LogP contribution in [-0.4, -0.2) is 12.7 Å². The number of hydrogen-bond acceptors (Lipinski definition) is 1. The van der Waals surface area contributed by atoms with Gasteiger partial charge in [0.05, 0.1) is 6.10 Å². The zero-order valence-electron chi connectivity index (χ0n) is 8.61. The molecule has 0 saturated heterocycles. The third-order valence-electron chi connectivity index (χ3n) is 2.86. The summed E-state index contributed by atoms with van der Waals surface area (Å²) in [5.41, 5.74) is 1.42. The van der Waals surface area contributed by atoms with Crippen LogP contribution in [0.25, 0.3) is 0 Å². The van der Waals surface area contributed by atoms with Gasteiger partial charge in [-0.1, -0.05) is 30.3 Å². The van der Waals surface area contributed by atoms with E-state index in [0.29, 0.717) is 6.10 Å². The van der Waals surface area contributed by atoms with Gasteiger partial charge in [0.1, 0.15) is 0 Å². The Morgan fingerprint density at radius 3 is 2.57 bits per heavy atom. The minimum atomic E-state index is 0.589. The van der Waals surface area contributed by atoms with Gasteiger partial charge in [-0.25, -0.2) is 0 Å². The van der Waals surface area contributed by atoms with E-state index in [4.69, 9.17) is 4.74 Å². The lowest BCUT2D eigenvalue weighted by molar-refractivity contribution is 0.00147. The van der Waals surface area contributed by atoms with Gasteiger partial charge in [0.2, 0.25) is 0 Å². The van der Waals surface area contributed by atoms with Crippen LogP contribution in [0.1, 0.15) is 31.2 Å². The first kappa shape index (κ1) is 9.72. The van der Waals surface area contributed by atoms with Crippen molar-refractivity contribution in [2.24, 2.45) is 0 Å². The number of benzene rings is 1. The molecule has 0 amide bonds. The van der Waals surface area contributed by atoms with E-state index in [-0.39, 0.29) is 0 Å². The molecule has 0 unspecified atom stereocenters. The summed E-state index contributed by atoms with van der Waals surface area (Å²) < 4.78 is 5.70. The van der Waals surface area contributed by atoms with Crippen LogP contribution in [0.4, 0.5) is 0 Å². The molecule has 1 fully saturated rings. The van der Waals surface area contributed by atoms with E-state index in [1.54, 1.807) is 0 Å². The summed E-state index contributed by atoms with van der Waals surface area (Å²) in [6, 6.07) is 10.6. The van der Waals surface area contributed by atoms with Crippen molar-refractivity contribution in [1.82, 2.24) is 0 Å². The Balaban J connectivity index is 1.58. The number of hydrogen-bond donors (Lipinski definition) is 0. The zero-order valence-corrected chi connectivity index (χ0v) is 8.61. The SMILES string of the molecule is c1ccc(CCCOC2CCC2)cc1. The van der Waals surface area contributed by atoms with Gasteiger partial charge in [-0.05, 0) is 37.7 Å². The molecule has 1 aliphatic rings. The number of aryl methyl sites for hydroxylation is 1. The van der Waals surface area contributed by atoms with Crippen molar-refractivity contribution in [3.63, 3.8) is 0 Å². The number of ether oxygens (including phenoxy) is 1. The maximum atomic E-state index is 5.70. The molecule has 0 heterocycles. The van der Waals surface area contributed by atoms with E-state index in [9.17, 15) is 0 Å². The number of rotatable bonds is 5. The monoisotopic (exact) mass is 190 g/mol. The van der Waals surface area contributed by atoms with Gasteiger partial charge in [0, 0.05) is 6.61 Å². The van der Waals surface area contributed by atoms with Crippen LogP contribution in [-0.2, 0) is 11.2 Å². The Kier molecular flexibility index (Phi) is 3.58. The largest absolute Gasteiger partial charge is 0.378 e. The molecule has 0 aromatic heterocycles. The summed E-state index contributed by atoms with van der Waals surface area (Å²) in [5.74, 6) is 0. The molecule has 1 nitrogen and oxygen atoms in total. The molecule has 1 aromatic rings. The van der Waals surface area contributed by atoms with E-state index in [1.165, 1.54) is 24.8 Å². The minimum Gasteiger partial charge on any atom is -0.378 e. The second-order valence-corrected chi connectivity index (χ2v) is 4.01. The van der Waals surface area contributed by atoms with E-state index in [2.05, 4.69) is 30.3 Å². The fourth-order valence-electron chi connectivity index (χ4n) is 1.71. The molecule has 2 rings (SSSR count). The van der Waals surface area contributed by atoms with Crippen LogP contribution >= 0.6 is 0 Å². The Hall–Kier alpha value is -0.820. The molecule has 1 aromatic carbocycles. The van der Waals surface area contributed by atoms with Gasteiger partial charge in [0.25, 0.3) is 0 Å². The summed E-state index contributed by atoms with van der Waals surface area (Å²) in [5, 5.41) is 0. The minimum absolute atomic E-state index is 0.589. The van der Waals surface area contributed by atoms with Crippen LogP contribution in [0.15, 0.2) is 30.3 Å². The molecule has 0 radical (unpaired) electrons. The van der Waals surface area contributed by atoms with Crippen molar-refractivity contribution >= 4 is 0 Å². The predicted octanol–water partition coefficient (Wildman–Crippen LogP) is 3.19. The molecular formula is C13H18O. The van der Waals surface area contributed by atoms with Gasteiger partial charge >= 0.3 is 0 Å². The van der Waals surface area contributed by atoms with Crippen molar-refractivity contribution in [3.8, 4) is 0 Å². The quantitative estimate of drug-likeness (QED) is 0.648. The van der Waals surface area contributed by atoms with Crippen LogP contribution in [0, 0.1) is 0 Å².